The van der Waals surface area contributed by atoms with Gasteiger partial charge in [-0.25, -0.2) is 14.3 Å². The van der Waals surface area contributed by atoms with Gasteiger partial charge in [0.05, 0.1) is 24.6 Å². The molecule has 0 aromatic carbocycles. The Balaban J connectivity index is 1.68. The Morgan fingerprint density at radius 1 is 1.50 bits per heavy atom. The van der Waals surface area contributed by atoms with E-state index in [-0.39, 0.29) is 6.04 Å². The smallest absolute Gasteiger partial charge is 0.407 e. The van der Waals surface area contributed by atoms with E-state index in [9.17, 15) is 4.79 Å². The van der Waals surface area contributed by atoms with Crippen LogP contribution in [0.3, 0.4) is 0 Å². The summed E-state index contributed by atoms with van der Waals surface area (Å²) >= 11 is 4.23. The highest BCUT2D eigenvalue weighted by Crippen LogP contribution is 2.41. The lowest BCUT2D eigenvalue weighted by molar-refractivity contribution is 0.0523. The molecule has 7 nitrogen and oxygen atoms in total. The Morgan fingerprint density at radius 2 is 2.25 bits per heavy atom. The molecule has 2 N–H and O–H groups in total. The van der Waals surface area contributed by atoms with Crippen molar-refractivity contribution in [1.29, 1.82) is 0 Å². The number of amides is 1. The predicted octanol–water partition coefficient (Wildman–Crippen LogP) is 2.64. The average Bonchev–Trinajstić information content (AvgIpc) is 3.23. The lowest BCUT2D eigenvalue weighted by Gasteiger charge is -2.19. The second kappa shape index (κ2) is 6.60. The van der Waals surface area contributed by atoms with Crippen LogP contribution < -0.4 is 10.0 Å². The van der Waals surface area contributed by atoms with Crippen LogP contribution in [0.5, 0.6) is 0 Å². The van der Waals surface area contributed by atoms with Crippen molar-refractivity contribution in [3.05, 3.63) is 29.7 Å². The standard InChI is InChI=1S/C16H23N5O2S/c1-16(2,3)23-15(22)17-8-12-9-21-13(19-12)6-11(7-18-21)14(20-24)10-4-5-10/h6-7,9-10,14,20,24H,4-5,8H2,1-3H3,(H,17,22). The van der Waals surface area contributed by atoms with Crippen LogP contribution in [0.1, 0.15) is 50.9 Å². The summed E-state index contributed by atoms with van der Waals surface area (Å²) in [5.41, 5.74) is 2.05. The van der Waals surface area contributed by atoms with E-state index in [0.717, 1.165) is 16.9 Å². The molecule has 0 aliphatic heterocycles. The van der Waals surface area contributed by atoms with Gasteiger partial charge in [0.1, 0.15) is 5.60 Å². The number of fused-ring (bicyclic) bond motifs is 1. The van der Waals surface area contributed by atoms with E-state index in [0.29, 0.717) is 12.5 Å². The quantitative estimate of drug-likeness (QED) is 0.723. The van der Waals surface area contributed by atoms with Crippen molar-refractivity contribution in [3.8, 4) is 0 Å². The van der Waals surface area contributed by atoms with E-state index in [4.69, 9.17) is 4.74 Å². The van der Waals surface area contributed by atoms with Crippen molar-refractivity contribution in [1.82, 2.24) is 24.6 Å². The van der Waals surface area contributed by atoms with E-state index in [1.54, 1.807) is 10.7 Å². The fourth-order valence-corrected chi connectivity index (χ4v) is 2.91. The van der Waals surface area contributed by atoms with E-state index in [1.165, 1.54) is 12.8 Å². The highest BCUT2D eigenvalue weighted by atomic mass is 32.1. The first kappa shape index (κ1) is 17.0. The number of nitrogens with one attached hydrogen (secondary N) is 2. The second-order valence-corrected chi connectivity index (χ2v) is 7.38. The molecule has 1 atom stereocenters. The maximum atomic E-state index is 11.7. The highest BCUT2D eigenvalue weighted by molar-refractivity contribution is 7.78. The van der Waals surface area contributed by atoms with Crippen molar-refractivity contribution in [2.75, 3.05) is 0 Å². The molecule has 0 radical (unpaired) electrons. The number of rotatable bonds is 5. The number of thiol groups is 1. The van der Waals surface area contributed by atoms with Gasteiger partial charge in [-0.1, -0.05) is 12.8 Å². The van der Waals surface area contributed by atoms with Gasteiger partial charge in [-0.3, -0.25) is 4.72 Å². The Hall–Kier alpha value is -1.80. The van der Waals surface area contributed by atoms with Crippen LogP contribution in [0, 0.1) is 5.92 Å². The molecule has 1 fully saturated rings. The van der Waals surface area contributed by atoms with E-state index >= 15 is 0 Å². The Morgan fingerprint density at radius 3 is 2.88 bits per heavy atom. The first-order valence-corrected chi connectivity index (χ1v) is 8.51. The van der Waals surface area contributed by atoms with Gasteiger partial charge in [0, 0.05) is 6.04 Å². The topological polar surface area (TPSA) is 80.5 Å². The molecule has 3 rings (SSSR count). The summed E-state index contributed by atoms with van der Waals surface area (Å²) < 4.78 is 9.98. The largest absolute Gasteiger partial charge is 0.444 e. The summed E-state index contributed by atoms with van der Waals surface area (Å²) in [4.78, 5) is 16.2. The Kier molecular flexibility index (Phi) is 4.69. The second-order valence-electron chi connectivity index (χ2n) is 7.12. The fourth-order valence-electron chi connectivity index (χ4n) is 2.55. The lowest BCUT2D eigenvalue weighted by Crippen LogP contribution is -2.32. The summed E-state index contributed by atoms with van der Waals surface area (Å²) in [6.45, 7) is 5.78. The SMILES string of the molecule is CC(C)(C)OC(=O)NCc1cn2ncc(C(NS)C3CC3)cc2n1. The molecule has 2 aromatic heterocycles. The number of alkyl carbamates (subject to hydrolysis) is 1. The Bertz CT molecular complexity index is 736. The molecule has 1 unspecified atom stereocenters. The summed E-state index contributed by atoms with van der Waals surface area (Å²) in [7, 11) is 0. The molecule has 8 heteroatoms. The summed E-state index contributed by atoms with van der Waals surface area (Å²) in [5.74, 6) is 0.620. The summed E-state index contributed by atoms with van der Waals surface area (Å²) in [6, 6.07) is 2.21. The zero-order chi connectivity index (χ0) is 17.3. The molecule has 24 heavy (non-hydrogen) atoms. The zero-order valence-electron chi connectivity index (χ0n) is 14.1. The van der Waals surface area contributed by atoms with Crippen LogP contribution >= 0.6 is 12.8 Å². The number of hydrogen-bond donors (Lipinski definition) is 3. The highest BCUT2D eigenvalue weighted by Gasteiger charge is 2.32. The first-order valence-electron chi connectivity index (χ1n) is 8.06. The van der Waals surface area contributed by atoms with Crippen LogP contribution in [0.25, 0.3) is 5.65 Å². The van der Waals surface area contributed by atoms with Gasteiger partial charge in [0.2, 0.25) is 0 Å². The maximum Gasteiger partial charge on any atom is 0.407 e. The van der Waals surface area contributed by atoms with Crippen LogP contribution in [-0.4, -0.2) is 26.3 Å². The van der Waals surface area contributed by atoms with Gasteiger partial charge in [-0.05, 0) is 51.2 Å². The third kappa shape index (κ3) is 4.18. The van der Waals surface area contributed by atoms with Crippen LogP contribution in [0.2, 0.25) is 0 Å². The van der Waals surface area contributed by atoms with Gasteiger partial charge in [-0.2, -0.15) is 5.10 Å². The summed E-state index contributed by atoms with van der Waals surface area (Å²) in [6.07, 6.45) is 5.61. The fraction of sp³-hybridized carbons (Fsp3) is 0.562. The number of imidazole rings is 1. The first-order chi connectivity index (χ1) is 11.4. The van der Waals surface area contributed by atoms with Gasteiger partial charge >= 0.3 is 6.09 Å². The van der Waals surface area contributed by atoms with Crippen LogP contribution in [0.4, 0.5) is 4.79 Å². The Labute approximate surface area is 146 Å². The number of nitrogens with zero attached hydrogens (tertiary/aromatic N) is 3. The minimum atomic E-state index is -0.517. The third-order valence-electron chi connectivity index (χ3n) is 3.80. The third-order valence-corrected chi connectivity index (χ3v) is 4.07. The molecule has 1 aliphatic rings. The summed E-state index contributed by atoms with van der Waals surface area (Å²) in [5, 5.41) is 7.11. The number of hydrogen-bond acceptors (Lipinski definition) is 6. The minimum Gasteiger partial charge on any atom is -0.444 e. The minimum absolute atomic E-state index is 0.200. The number of carbonyl (C=O) groups excluding carboxylic acids is 1. The number of ether oxygens (including phenoxy) is 1. The molecule has 130 valence electrons. The molecule has 0 spiro atoms. The van der Waals surface area contributed by atoms with Gasteiger partial charge in [0.25, 0.3) is 0 Å². The molecule has 0 saturated heterocycles. The van der Waals surface area contributed by atoms with Crippen molar-refractivity contribution >= 4 is 24.6 Å². The van der Waals surface area contributed by atoms with Crippen molar-refractivity contribution in [2.45, 2.75) is 51.8 Å². The molecule has 2 heterocycles. The molecule has 0 bridgehead atoms. The number of aromatic nitrogens is 3. The van der Waals surface area contributed by atoms with Crippen LogP contribution in [-0.2, 0) is 11.3 Å². The van der Waals surface area contributed by atoms with Crippen molar-refractivity contribution in [3.63, 3.8) is 0 Å². The maximum absolute atomic E-state index is 11.7. The van der Waals surface area contributed by atoms with E-state index < -0.39 is 11.7 Å². The average molecular weight is 349 g/mol. The molecular weight excluding hydrogens is 326 g/mol. The van der Waals surface area contributed by atoms with Gasteiger partial charge in [0.15, 0.2) is 5.65 Å². The van der Waals surface area contributed by atoms with Crippen molar-refractivity contribution in [2.24, 2.45) is 5.92 Å². The number of carbonyl (C=O) groups is 1. The van der Waals surface area contributed by atoms with Crippen molar-refractivity contribution < 1.29 is 9.53 Å². The predicted molar refractivity (Wildman–Crippen MR) is 93.6 cm³/mol. The molecule has 1 aliphatic carbocycles. The molecule has 1 amide bonds. The molecule has 2 aromatic rings. The van der Waals surface area contributed by atoms with E-state index in [1.807, 2.05) is 33.0 Å². The molecule has 1 saturated carbocycles. The van der Waals surface area contributed by atoms with Gasteiger partial charge < -0.3 is 10.1 Å². The monoisotopic (exact) mass is 349 g/mol. The van der Waals surface area contributed by atoms with E-state index in [2.05, 4.69) is 32.9 Å². The van der Waals surface area contributed by atoms with Gasteiger partial charge in [-0.15, -0.1) is 0 Å². The normalized spacial score (nSPS) is 16.2. The molecular formula is C16H23N5O2S. The van der Waals surface area contributed by atoms with Crippen LogP contribution in [0.15, 0.2) is 18.5 Å². The lowest BCUT2D eigenvalue weighted by atomic mass is 10.1. The zero-order valence-corrected chi connectivity index (χ0v) is 15.0.